The molecule has 0 amide bonds. The smallest absolute Gasteiger partial charge is 1.00 e. The summed E-state index contributed by atoms with van der Waals surface area (Å²) in [6.07, 6.45) is 1.36. The second-order valence-electron chi connectivity index (χ2n) is 1.47. The van der Waals surface area contributed by atoms with Crippen molar-refractivity contribution in [3.05, 3.63) is 24.4 Å². The van der Waals surface area contributed by atoms with E-state index in [4.69, 9.17) is 0 Å². The number of aromatic nitrogens is 1. The third kappa shape index (κ3) is 5.51. The van der Waals surface area contributed by atoms with Crippen LogP contribution in [0.3, 0.4) is 0 Å². The Morgan fingerprint density at radius 1 is 1.50 bits per heavy atom. The van der Waals surface area contributed by atoms with Gasteiger partial charge in [-0.15, -0.1) is 0 Å². The second kappa shape index (κ2) is 7.51. The first kappa shape index (κ1) is 14.4. The molecule has 6 heteroatoms. The monoisotopic (exact) mass is 203 g/mol. The van der Waals surface area contributed by atoms with Gasteiger partial charge >= 0.3 is 29.7 Å². The van der Waals surface area contributed by atoms with E-state index < -0.39 is 6.61 Å². The average molecular weight is 204 g/mol. The molecule has 0 spiro atoms. The summed E-state index contributed by atoms with van der Waals surface area (Å²) in [5.41, 5.74) is 0. The number of pyridine rings is 1. The Bertz CT molecular complexity index is 200. The van der Waals surface area contributed by atoms with Gasteiger partial charge < -0.3 is 17.1 Å². The molecule has 1 heterocycles. The summed E-state index contributed by atoms with van der Waals surface area (Å²) in [5.74, 6) is -0.183. The SMILES string of the molecule is FC(F)Oc1[c-]cccn1.[Cl-].[Mg+2]. The van der Waals surface area contributed by atoms with Crippen molar-refractivity contribution in [2.75, 3.05) is 0 Å². The molecule has 0 atom stereocenters. The van der Waals surface area contributed by atoms with Crippen LogP contribution < -0.4 is 17.1 Å². The summed E-state index contributed by atoms with van der Waals surface area (Å²) in [7, 11) is 0. The van der Waals surface area contributed by atoms with Crippen LogP contribution in [0.1, 0.15) is 0 Å². The minimum absolute atomic E-state index is 0. The molecule has 0 radical (unpaired) electrons. The maximum atomic E-state index is 11.4. The molecule has 12 heavy (non-hydrogen) atoms. The Hall–Kier alpha value is -0.134. The quantitative estimate of drug-likeness (QED) is 0.414. The third-order valence-corrected chi connectivity index (χ3v) is 0.782. The number of hydrogen-bond donors (Lipinski definition) is 0. The van der Waals surface area contributed by atoms with Crippen LogP contribution in [0.25, 0.3) is 0 Å². The predicted molar refractivity (Wildman–Crippen MR) is 35.5 cm³/mol. The predicted octanol–water partition coefficient (Wildman–Crippen LogP) is -1.89. The van der Waals surface area contributed by atoms with Crippen LogP contribution in [0.15, 0.2) is 18.3 Å². The van der Waals surface area contributed by atoms with Crippen molar-refractivity contribution in [1.29, 1.82) is 0 Å². The molecule has 2 nitrogen and oxygen atoms in total. The largest absolute Gasteiger partial charge is 2.00 e. The fraction of sp³-hybridized carbons (Fsp3) is 0.167. The Balaban J connectivity index is 0. The maximum Gasteiger partial charge on any atom is 2.00 e. The van der Waals surface area contributed by atoms with Gasteiger partial charge in [0, 0.05) is 0 Å². The van der Waals surface area contributed by atoms with Crippen molar-refractivity contribution < 1.29 is 25.9 Å². The van der Waals surface area contributed by atoms with Crippen LogP contribution in [0.4, 0.5) is 8.78 Å². The van der Waals surface area contributed by atoms with Crippen molar-refractivity contribution >= 4 is 23.1 Å². The molecule has 0 aliphatic carbocycles. The van der Waals surface area contributed by atoms with E-state index >= 15 is 0 Å². The van der Waals surface area contributed by atoms with Gasteiger partial charge in [-0.3, -0.25) is 4.98 Å². The summed E-state index contributed by atoms with van der Waals surface area (Å²) in [5, 5.41) is 0. The Kier molecular flexibility index (Phi) is 9.01. The average Bonchev–Trinajstić information content (AvgIpc) is 1.88. The zero-order chi connectivity index (χ0) is 7.40. The topological polar surface area (TPSA) is 22.1 Å². The first-order valence-electron chi connectivity index (χ1n) is 2.56. The van der Waals surface area contributed by atoms with E-state index in [0.29, 0.717) is 0 Å². The normalized spacial score (nSPS) is 8.25. The van der Waals surface area contributed by atoms with E-state index in [2.05, 4.69) is 15.8 Å². The van der Waals surface area contributed by atoms with Crippen molar-refractivity contribution in [1.82, 2.24) is 4.98 Å². The number of halogens is 3. The van der Waals surface area contributed by atoms with Gasteiger partial charge in [0.05, 0.1) is 0 Å². The van der Waals surface area contributed by atoms with E-state index in [0.717, 1.165) is 0 Å². The van der Waals surface area contributed by atoms with Crippen molar-refractivity contribution in [3.63, 3.8) is 0 Å². The molecule has 0 N–H and O–H groups in total. The van der Waals surface area contributed by atoms with E-state index in [1.807, 2.05) is 0 Å². The summed E-state index contributed by atoms with van der Waals surface area (Å²) in [6.45, 7) is -2.83. The number of alkyl halides is 2. The summed E-state index contributed by atoms with van der Waals surface area (Å²) in [4.78, 5) is 3.46. The second-order valence-corrected chi connectivity index (χ2v) is 1.47. The molecule has 1 aromatic rings. The molecule has 0 saturated carbocycles. The van der Waals surface area contributed by atoms with E-state index in [1.165, 1.54) is 12.3 Å². The first-order chi connectivity index (χ1) is 4.79. The number of nitrogens with zero attached hydrogens (tertiary/aromatic N) is 1. The molecular weight excluding hydrogens is 200 g/mol. The fourth-order valence-electron chi connectivity index (χ4n) is 0.459. The van der Waals surface area contributed by atoms with Gasteiger partial charge in [-0.2, -0.15) is 20.9 Å². The van der Waals surface area contributed by atoms with Gasteiger partial charge in [-0.25, -0.2) is 6.07 Å². The molecule has 0 saturated heterocycles. The molecule has 0 aliphatic heterocycles. The van der Waals surface area contributed by atoms with Crippen molar-refractivity contribution in [3.8, 4) is 5.88 Å². The number of rotatable bonds is 2. The Morgan fingerprint density at radius 3 is 2.58 bits per heavy atom. The van der Waals surface area contributed by atoms with Crippen LogP contribution >= 0.6 is 0 Å². The van der Waals surface area contributed by atoms with Gasteiger partial charge in [-0.1, -0.05) is 6.20 Å². The fourth-order valence-corrected chi connectivity index (χ4v) is 0.459. The molecule has 0 bridgehead atoms. The molecule has 62 valence electrons. The molecule has 0 fully saturated rings. The maximum absolute atomic E-state index is 11.4. The Morgan fingerprint density at radius 2 is 2.17 bits per heavy atom. The van der Waals surface area contributed by atoms with E-state index in [9.17, 15) is 8.78 Å². The number of hydrogen-bond acceptors (Lipinski definition) is 2. The van der Waals surface area contributed by atoms with Crippen LogP contribution in [-0.2, 0) is 0 Å². The van der Waals surface area contributed by atoms with Crippen LogP contribution in [-0.4, -0.2) is 34.6 Å². The molecule has 0 aromatic carbocycles. The molecule has 1 aromatic heterocycles. The van der Waals surface area contributed by atoms with Crippen molar-refractivity contribution in [2.24, 2.45) is 0 Å². The van der Waals surface area contributed by atoms with Gasteiger partial charge in [0.25, 0.3) is 0 Å². The van der Waals surface area contributed by atoms with E-state index in [-0.39, 0.29) is 41.3 Å². The van der Waals surface area contributed by atoms with Crippen LogP contribution in [0.5, 0.6) is 5.88 Å². The minimum Gasteiger partial charge on any atom is -1.00 e. The zero-order valence-electron chi connectivity index (χ0n) is 6.01. The van der Waals surface area contributed by atoms with Crippen molar-refractivity contribution in [2.45, 2.75) is 6.61 Å². The van der Waals surface area contributed by atoms with Gasteiger partial charge in [0.2, 0.25) is 0 Å². The number of ether oxygens (including phenoxy) is 1. The Labute approximate surface area is 90.9 Å². The van der Waals surface area contributed by atoms with Gasteiger partial charge in [0.1, 0.15) is 5.88 Å². The molecule has 0 aliphatic rings. The molecule has 0 unspecified atom stereocenters. The third-order valence-electron chi connectivity index (χ3n) is 0.782. The van der Waals surface area contributed by atoms with Gasteiger partial charge in [0.15, 0.2) is 0 Å². The van der Waals surface area contributed by atoms with Gasteiger partial charge in [-0.05, 0) is 0 Å². The van der Waals surface area contributed by atoms with E-state index in [1.54, 1.807) is 6.07 Å². The summed E-state index contributed by atoms with van der Waals surface area (Å²) in [6, 6.07) is 5.40. The minimum atomic E-state index is -2.83. The summed E-state index contributed by atoms with van der Waals surface area (Å²) >= 11 is 0. The van der Waals surface area contributed by atoms with Crippen LogP contribution in [0, 0.1) is 6.07 Å². The zero-order valence-corrected chi connectivity index (χ0v) is 8.18. The standard InChI is InChI=1S/C6H4F2NO.ClH.Mg/c7-6(8)10-5-3-1-2-4-9-5;;/h1-2,4,6H;1H;/q-1;;+2/p-1. The van der Waals surface area contributed by atoms with Crippen LogP contribution in [0.2, 0.25) is 0 Å². The first-order valence-corrected chi connectivity index (χ1v) is 2.56. The summed E-state index contributed by atoms with van der Waals surface area (Å²) < 4.78 is 26.8. The molecule has 1 rings (SSSR count). The molecular formula is C6H4ClF2MgNO.